The Bertz CT molecular complexity index is 1500. The number of nitrogens with one attached hydrogen (secondary N) is 1. The Morgan fingerprint density at radius 3 is 2.00 bits per heavy atom. The fourth-order valence-electron chi connectivity index (χ4n) is 3.55. The van der Waals surface area contributed by atoms with Gasteiger partial charge < -0.3 is 15.0 Å². The third-order valence-corrected chi connectivity index (χ3v) is 6.17. The number of phenolic OH excluding ortho intramolecular Hbond substituents is 1. The number of carbonyl (C=O) groups excluding carboxylic acids is 2. The summed E-state index contributed by atoms with van der Waals surface area (Å²) in [5, 5.41) is 14.3. The van der Waals surface area contributed by atoms with Crippen LogP contribution in [0.5, 0.6) is 5.75 Å². The molecule has 6 nitrogen and oxygen atoms in total. The zero-order valence-corrected chi connectivity index (χ0v) is 20.9. The summed E-state index contributed by atoms with van der Waals surface area (Å²) in [6.07, 6.45) is 1.36. The summed E-state index contributed by atoms with van der Waals surface area (Å²) in [5.74, 6) is -1.51. The van der Waals surface area contributed by atoms with Gasteiger partial charge >= 0.3 is 0 Å². The first kappa shape index (κ1) is 25.5. The molecule has 2 N–H and O–H groups in total. The van der Waals surface area contributed by atoms with Crippen LogP contribution in [0, 0.1) is 0 Å². The van der Waals surface area contributed by atoms with E-state index in [1.807, 2.05) is 0 Å². The van der Waals surface area contributed by atoms with Gasteiger partial charge in [0, 0.05) is 33.4 Å². The number of aromatic hydroxyl groups is 1. The normalized spacial score (nSPS) is 10.8. The van der Waals surface area contributed by atoms with E-state index in [0.717, 1.165) is 11.1 Å². The Labute approximate surface area is 221 Å². The fourth-order valence-corrected chi connectivity index (χ4v) is 3.98. The molecule has 0 saturated carbocycles. The molecule has 1 amide bonds. The van der Waals surface area contributed by atoms with Gasteiger partial charge in [-0.05, 0) is 59.7 Å². The van der Waals surface area contributed by atoms with Gasteiger partial charge in [0.2, 0.25) is 0 Å². The highest BCUT2D eigenvalue weighted by molar-refractivity contribution is 6.31. The van der Waals surface area contributed by atoms with E-state index in [9.17, 15) is 19.5 Å². The van der Waals surface area contributed by atoms with Crippen LogP contribution in [0.1, 0.15) is 37.4 Å². The van der Waals surface area contributed by atoms with E-state index in [4.69, 9.17) is 34.8 Å². The molecule has 0 bridgehead atoms. The van der Waals surface area contributed by atoms with Crippen molar-refractivity contribution in [1.29, 1.82) is 0 Å². The smallest absolute Gasteiger partial charge is 0.263 e. The molecule has 9 heteroatoms. The van der Waals surface area contributed by atoms with Crippen molar-refractivity contribution < 1.29 is 14.7 Å². The Hall–Kier alpha value is -3.58. The molecule has 0 spiro atoms. The van der Waals surface area contributed by atoms with Crippen molar-refractivity contribution in [2.45, 2.75) is 13.1 Å². The lowest BCUT2D eigenvalue weighted by atomic mass is 10.0. The zero-order chi connectivity index (χ0) is 25.8. The lowest BCUT2D eigenvalue weighted by Crippen LogP contribution is -2.33. The van der Waals surface area contributed by atoms with Crippen molar-refractivity contribution in [2.24, 2.45) is 0 Å². The standard InChI is InChI=1S/C27H19Cl3N2O4/c28-19-5-1-16(2-6-19)13-31-26(35)23-11-18(25(34)22-12-21(30)9-10-24(22)33)15-32(27(23)36)14-17-3-7-20(29)8-4-17/h1-12,15,33H,13-14H2,(H,31,35). The van der Waals surface area contributed by atoms with E-state index in [1.54, 1.807) is 48.5 Å². The molecule has 4 rings (SSSR count). The number of ketones is 1. The van der Waals surface area contributed by atoms with Crippen molar-refractivity contribution in [2.75, 3.05) is 0 Å². The maximum absolute atomic E-state index is 13.3. The number of rotatable bonds is 7. The van der Waals surface area contributed by atoms with Gasteiger partial charge in [-0.25, -0.2) is 0 Å². The molecule has 1 heterocycles. The summed E-state index contributed by atoms with van der Waals surface area (Å²) >= 11 is 17.9. The second-order valence-electron chi connectivity index (χ2n) is 8.00. The third-order valence-electron chi connectivity index (χ3n) is 5.43. The summed E-state index contributed by atoms with van der Waals surface area (Å²) in [4.78, 5) is 39.6. The van der Waals surface area contributed by atoms with Crippen molar-refractivity contribution in [3.05, 3.63) is 132 Å². The van der Waals surface area contributed by atoms with Gasteiger partial charge in [0.1, 0.15) is 11.3 Å². The number of nitrogens with zero attached hydrogens (tertiary/aromatic N) is 1. The van der Waals surface area contributed by atoms with Crippen LogP contribution in [-0.2, 0) is 13.1 Å². The van der Waals surface area contributed by atoms with Gasteiger partial charge in [-0.1, -0.05) is 59.1 Å². The van der Waals surface area contributed by atoms with Gasteiger partial charge in [-0.3, -0.25) is 14.4 Å². The number of aromatic nitrogens is 1. The quantitative estimate of drug-likeness (QED) is 0.293. The van der Waals surface area contributed by atoms with E-state index in [2.05, 4.69) is 5.32 Å². The van der Waals surface area contributed by atoms with Crippen molar-refractivity contribution in [3.63, 3.8) is 0 Å². The first-order valence-corrected chi connectivity index (χ1v) is 11.9. The number of pyridine rings is 1. The first-order chi connectivity index (χ1) is 17.2. The minimum Gasteiger partial charge on any atom is -0.507 e. The molecule has 0 radical (unpaired) electrons. The molecule has 3 aromatic carbocycles. The van der Waals surface area contributed by atoms with Gasteiger partial charge in [0.15, 0.2) is 5.78 Å². The van der Waals surface area contributed by atoms with Gasteiger partial charge in [0.25, 0.3) is 11.5 Å². The topological polar surface area (TPSA) is 88.4 Å². The first-order valence-electron chi connectivity index (χ1n) is 10.8. The molecule has 0 unspecified atom stereocenters. The van der Waals surface area contributed by atoms with Crippen LogP contribution < -0.4 is 10.9 Å². The number of benzene rings is 3. The minimum atomic E-state index is -0.648. The Morgan fingerprint density at radius 1 is 0.778 bits per heavy atom. The molecule has 0 aliphatic rings. The van der Waals surface area contributed by atoms with Gasteiger partial charge in [-0.2, -0.15) is 0 Å². The SMILES string of the molecule is O=C(c1cc(C(=O)NCc2ccc(Cl)cc2)c(=O)n(Cc2ccc(Cl)cc2)c1)c1cc(Cl)ccc1O. The molecule has 4 aromatic rings. The van der Waals surface area contributed by atoms with Crippen LogP contribution >= 0.6 is 34.8 Å². The van der Waals surface area contributed by atoms with Gasteiger partial charge in [-0.15, -0.1) is 0 Å². The van der Waals surface area contributed by atoms with E-state index in [1.165, 1.54) is 35.0 Å². The molecule has 0 atom stereocenters. The highest BCUT2D eigenvalue weighted by Crippen LogP contribution is 2.24. The molecule has 0 saturated heterocycles. The molecule has 0 aliphatic carbocycles. The van der Waals surface area contributed by atoms with Crippen LogP contribution in [0.4, 0.5) is 0 Å². The van der Waals surface area contributed by atoms with E-state index in [0.29, 0.717) is 10.0 Å². The summed E-state index contributed by atoms with van der Waals surface area (Å²) in [7, 11) is 0. The molecule has 36 heavy (non-hydrogen) atoms. The second kappa shape index (κ2) is 11.0. The highest BCUT2D eigenvalue weighted by atomic mass is 35.5. The van der Waals surface area contributed by atoms with Gasteiger partial charge in [0.05, 0.1) is 12.1 Å². The summed E-state index contributed by atoms with van der Waals surface area (Å²) in [5.41, 5.74) is 0.717. The average molecular weight is 542 g/mol. The molecule has 0 aliphatic heterocycles. The molecular formula is C27H19Cl3N2O4. The maximum atomic E-state index is 13.3. The monoisotopic (exact) mass is 540 g/mol. The predicted molar refractivity (Wildman–Crippen MR) is 140 cm³/mol. The Kier molecular flexibility index (Phi) is 7.79. The number of hydrogen-bond donors (Lipinski definition) is 2. The fraction of sp³-hybridized carbons (Fsp3) is 0.0741. The molecule has 1 aromatic heterocycles. The van der Waals surface area contributed by atoms with Crippen molar-refractivity contribution >= 4 is 46.5 Å². The van der Waals surface area contributed by atoms with Crippen molar-refractivity contribution in [3.8, 4) is 5.75 Å². The number of halogens is 3. The van der Waals surface area contributed by atoms with Crippen molar-refractivity contribution in [1.82, 2.24) is 9.88 Å². The number of phenols is 1. The van der Waals surface area contributed by atoms with Crippen LogP contribution in [0.25, 0.3) is 0 Å². The largest absolute Gasteiger partial charge is 0.507 e. The molecular weight excluding hydrogens is 523 g/mol. The maximum Gasteiger partial charge on any atom is 0.263 e. The number of hydrogen-bond acceptors (Lipinski definition) is 4. The summed E-state index contributed by atoms with van der Waals surface area (Å²) in [6.45, 7) is 0.246. The number of amides is 1. The lowest BCUT2D eigenvalue weighted by Gasteiger charge is -2.13. The summed E-state index contributed by atoms with van der Waals surface area (Å²) in [6, 6.07) is 19.0. The Morgan fingerprint density at radius 2 is 1.36 bits per heavy atom. The van der Waals surface area contributed by atoms with E-state index < -0.39 is 17.2 Å². The zero-order valence-electron chi connectivity index (χ0n) is 18.7. The molecule has 0 fully saturated rings. The van der Waals surface area contributed by atoms with Crippen LogP contribution in [0.2, 0.25) is 15.1 Å². The van der Waals surface area contributed by atoms with E-state index >= 15 is 0 Å². The van der Waals surface area contributed by atoms with Crippen LogP contribution in [0.3, 0.4) is 0 Å². The summed E-state index contributed by atoms with van der Waals surface area (Å²) < 4.78 is 1.27. The number of carbonyl (C=O) groups is 2. The molecule has 182 valence electrons. The second-order valence-corrected chi connectivity index (χ2v) is 9.31. The lowest BCUT2D eigenvalue weighted by molar-refractivity contribution is 0.0948. The van der Waals surface area contributed by atoms with Crippen LogP contribution in [-0.4, -0.2) is 21.4 Å². The Balaban J connectivity index is 1.73. The average Bonchev–Trinajstić information content (AvgIpc) is 2.87. The minimum absolute atomic E-state index is 0.0396. The van der Waals surface area contributed by atoms with Crippen LogP contribution in [0.15, 0.2) is 83.8 Å². The highest BCUT2D eigenvalue weighted by Gasteiger charge is 2.21. The third kappa shape index (κ3) is 5.97. The van der Waals surface area contributed by atoms with E-state index in [-0.39, 0.29) is 40.6 Å². The predicted octanol–water partition coefficient (Wildman–Crippen LogP) is 5.72.